The lowest BCUT2D eigenvalue weighted by molar-refractivity contribution is 0.0172. The van der Waals surface area contributed by atoms with Gasteiger partial charge in [-0.3, -0.25) is 9.59 Å². The Morgan fingerprint density at radius 1 is 1.22 bits per heavy atom. The molecule has 4 rings (SSSR count). The topological polar surface area (TPSA) is 136 Å². The van der Waals surface area contributed by atoms with Gasteiger partial charge in [-0.15, -0.1) is 5.10 Å². The van der Waals surface area contributed by atoms with Crippen LogP contribution in [0, 0.1) is 0 Å². The number of nitrogens with one attached hydrogen (secondary N) is 2. The van der Waals surface area contributed by atoms with Crippen LogP contribution in [0.5, 0.6) is 0 Å². The van der Waals surface area contributed by atoms with Crippen LogP contribution in [-0.4, -0.2) is 53.3 Å². The second-order valence-corrected chi connectivity index (χ2v) is 11.7. The summed E-state index contributed by atoms with van der Waals surface area (Å²) in [5.41, 5.74) is -0.821. The first-order valence-corrected chi connectivity index (χ1v) is 13.7. The molecule has 0 spiro atoms. The number of carbonyl (C=O) groups excluding carboxylic acids is 2. The zero-order valence-electron chi connectivity index (χ0n) is 19.9. The number of hydrogen-bond acceptors (Lipinski definition) is 8. The van der Waals surface area contributed by atoms with Crippen LogP contribution in [0.25, 0.3) is 5.13 Å². The molecular weight excluding hydrogens is 514 g/mol. The van der Waals surface area contributed by atoms with Gasteiger partial charge in [0.1, 0.15) is 4.88 Å². The summed E-state index contributed by atoms with van der Waals surface area (Å²) in [6, 6.07) is 2.13. The van der Waals surface area contributed by atoms with Gasteiger partial charge >= 0.3 is 0 Å². The summed E-state index contributed by atoms with van der Waals surface area (Å²) in [6.45, 7) is 2.26. The normalized spacial score (nSPS) is 14.9. The van der Waals surface area contributed by atoms with Crippen LogP contribution < -0.4 is 10.6 Å². The Kier molecular flexibility index (Phi) is 6.68. The molecule has 2 aromatic heterocycles. The fourth-order valence-corrected chi connectivity index (χ4v) is 4.91. The minimum absolute atomic E-state index is 0.187. The van der Waals surface area contributed by atoms with Gasteiger partial charge in [0, 0.05) is 37.3 Å². The molecule has 1 saturated carbocycles. The number of sulfone groups is 1. The molecule has 2 heterocycles. The molecule has 3 aromatic rings. The van der Waals surface area contributed by atoms with Crippen molar-refractivity contribution in [3.8, 4) is 5.13 Å². The molecule has 36 heavy (non-hydrogen) atoms. The van der Waals surface area contributed by atoms with Crippen molar-refractivity contribution in [2.75, 3.05) is 13.3 Å². The Morgan fingerprint density at radius 3 is 2.50 bits per heavy atom. The number of halogens is 2. The van der Waals surface area contributed by atoms with Crippen molar-refractivity contribution in [1.29, 1.82) is 0 Å². The molecule has 0 saturated heterocycles. The molecule has 1 fully saturated rings. The Bertz CT molecular complexity index is 1440. The van der Waals surface area contributed by atoms with Gasteiger partial charge in [0.05, 0.1) is 17.1 Å². The summed E-state index contributed by atoms with van der Waals surface area (Å²) in [7, 11) is -2.35. The Balaban J connectivity index is 1.67. The maximum Gasteiger partial charge on any atom is 0.270 e. The third kappa shape index (κ3) is 5.43. The minimum Gasteiger partial charge on any atom is -0.354 e. The first kappa shape index (κ1) is 25.8. The highest BCUT2D eigenvalue weighted by Crippen LogP contribution is 2.39. The van der Waals surface area contributed by atoms with Gasteiger partial charge < -0.3 is 10.6 Å². The highest BCUT2D eigenvalue weighted by atomic mass is 32.2. The summed E-state index contributed by atoms with van der Waals surface area (Å²) in [5, 5.41) is 10.1. The average molecular weight is 539 g/mol. The minimum atomic E-state index is -3.85. The van der Waals surface area contributed by atoms with Crippen LogP contribution in [0.2, 0.25) is 0 Å². The summed E-state index contributed by atoms with van der Waals surface area (Å²) in [4.78, 5) is 33.8. The largest absolute Gasteiger partial charge is 0.354 e. The van der Waals surface area contributed by atoms with Gasteiger partial charge in [0.15, 0.2) is 21.5 Å². The molecule has 2 amide bonds. The number of rotatable bonds is 8. The molecular formula is C22H24F2N6O4S2. The van der Waals surface area contributed by atoms with Crippen LogP contribution in [0.3, 0.4) is 0 Å². The molecule has 0 aliphatic heterocycles. The number of hydrogen-bond donors (Lipinski definition) is 2. The van der Waals surface area contributed by atoms with E-state index in [1.165, 1.54) is 17.9 Å². The zero-order chi connectivity index (χ0) is 26.4. The lowest BCUT2D eigenvalue weighted by Crippen LogP contribution is -2.29. The maximum atomic E-state index is 14.0. The first-order chi connectivity index (χ1) is 16.8. The van der Waals surface area contributed by atoms with E-state index in [-0.39, 0.29) is 22.3 Å². The van der Waals surface area contributed by atoms with Gasteiger partial charge in [0.25, 0.3) is 17.7 Å². The van der Waals surface area contributed by atoms with Crippen molar-refractivity contribution < 1.29 is 26.8 Å². The van der Waals surface area contributed by atoms with Gasteiger partial charge in [-0.2, -0.15) is 4.68 Å². The molecule has 1 aliphatic carbocycles. The molecule has 10 nitrogen and oxygen atoms in total. The van der Waals surface area contributed by atoms with Crippen molar-refractivity contribution in [3.63, 3.8) is 0 Å². The smallest absolute Gasteiger partial charge is 0.270 e. The van der Waals surface area contributed by atoms with E-state index in [2.05, 4.69) is 25.7 Å². The van der Waals surface area contributed by atoms with Crippen molar-refractivity contribution >= 4 is 33.0 Å². The van der Waals surface area contributed by atoms with Crippen molar-refractivity contribution in [2.45, 2.75) is 49.5 Å². The van der Waals surface area contributed by atoms with E-state index in [0.29, 0.717) is 28.6 Å². The van der Waals surface area contributed by atoms with E-state index in [1.54, 1.807) is 6.92 Å². The van der Waals surface area contributed by atoms with Crippen molar-refractivity contribution in [3.05, 3.63) is 52.0 Å². The zero-order valence-corrected chi connectivity index (χ0v) is 21.5. The summed E-state index contributed by atoms with van der Waals surface area (Å²) >= 11 is 1.09. The highest BCUT2D eigenvalue weighted by Gasteiger charge is 2.32. The number of benzene rings is 1. The summed E-state index contributed by atoms with van der Waals surface area (Å²) in [6.07, 6.45) is 4.15. The SMILES string of the molecule is CNC(=O)c1cnc(-n2nc(C3CC3)nc2[C@H](C)NC(=O)c2cc(C(C)(F)F)cc(S(C)(=O)=O)c2)s1. The molecule has 2 N–H and O–H groups in total. The summed E-state index contributed by atoms with van der Waals surface area (Å²) in [5.74, 6) is -3.32. The number of aromatic nitrogens is 4. The Labute approximate surface area is 210 Å². The van der Waals surface area contributed by atoms with E-state index < -0.39 is 33.3 Å². The van der Waals surface area contributed by atoms with Crippen LogP contribution in [0.4, 0.5) is 8.78 Å². The molecule has 1 atom stereocenters. The van der Waals surface area contributed by atoms with E-state index in [1.807, 2.05) is 0 Å². The van der Waals surface area contributed by atoms with E-state index in [0.717, 1.165) is 48.6 Å². The number of carbonyl (C=O) groups is 2. The molecule has 14 heteroatoms. The first-order valence-electron chi connectivity index (χ1n) is 11.0. The number of amides is 2. The predicted molar refractivity (Wildman–Crippen MR) is 127 cm³/mol. The second-order valence-electron chi connectivity index (χ2n) is 8.70. The van der Waals surface area contributed by atoms with E-state index >= 15 is 0 Å². The number of thiazole rings is 1. The molecule has 0 unspecified atom stereocenters. The monoisotopic (exact) mass is 538 g/mol. The van der Waals surface area contributed by atoms with Crippen LogP contribution >= 0.6 is 11.3 Å². The second kappa shape index (κ2) is 9.32. The van der Waals surface area contributed by atoms with Crippen LogP contribution in [0.15, 0.2) is 29.3 Å². The lowest BCUT2D eigenvalue weighted by Gasteiger charge is -2.16. The van der Waals surface area contributed by atoms with Crippen molar-refractivity contribution in [1.82, 2.24) is 30.4 Å². The average Bonchev–Trinajstić information content (AvgIpc) is 3.36. The van der Waals surface area contributed by atoms with Gasteiger partial charge in [-0.05, 0) is 38.0 Å². The van der Waals surface area contributed by atoms with Gasteiger partial charge in [-0.1, -0.05) is 11.3 Å². The third-order valence-electron chi connectivity index (χ3n) is 5.56. The lowest BCUT2D eigenvalue weighted by atomic mass is 10.1. The quantitative estimate of drug-likeness (QED) is 0.450. The fraction of sp³-hybridized carbons (Fsp3) is 0.409. The van der Waals surface area contributed by atoms with Crippen LogP contribution in [0.1, 0.15) is 75.9 Å². The number of alkyl halides is 2. The Hall–Kier alpha value is -3.26. The molecule has 0 radical (unpaired) electrons. The Morgan fingerprint density at radius 2 is 1.92 bits per heavy atom. The maximum absolute atomic E-state index is 14.0. The van der Waals surface area contributed by atoms with Gasteiger partial charge in [-0.25, -0.2) is 27.2 Å². The molecule has 1 aliphatic rings. The molecule has 0 bridgehead atoms. The standard InChI is InChI=1S/C22H24F2N6O4S2/c1-11(27-19(31)13-7-14(22(2,23)24)9-15(8-13)36(4,33)34)18-28-17(12-5-6-12)29-30(18)21-26-10-16(35-21)20(32)25-3/h7-12H,5-6H2,1-4H3,(H,25,32)(H,27,31)/t11-/m0/s1. The predicted octanol–water partition coefficient (Wildman–Crippen LogP) is 2.97. The van der Waals surface area contributed by atoms with E-state index in [9.17, 15) is 26.8 Å². The third-order valence-corrected chi connectivity index (χ3v) is 7.62. The van der Waals surface area contributed by atoms with Gasteiger partial charge in [0.2, 0.25) is 5.13 Å². The highest BCUT2D eigenvalue weighted by molar-refractivity contribution is 7.90. The molecule has 192 valence electrons. The van der Waals surface area contributed by atoms with Crippen molar-refractivity contribution in [2.24, 2.45) is 0 Å². The van der Waals surface area contributed by atoms with Crippen LogP contribution in [-0.2, 0) is 15.8 Å². The summed E-state index contributed by atoms with van der Waals surface area (Å²) < 4.78 is 53.6. The number of nitrogens with zero attached hydrogens (tertiary/aromatic N) is 4. The fourth-order valence-electron chi connectivity index (χ4n) is 3.41. The van der Waals surface area contributed by atoms with E-state index in [4.69, 9.17) is 0 Å². The molecule has 1 aromatic carbocycles.